The second-order valence-electron chi connectivity index (χ2n) is 7.30. The number of urea groups is 1. The molecule has 27 heavy (non-hydrogen) atoms. The third-order valence-electron chi connectivity index (χ3n) is 4.61. The molecule has 1 saturated heterocycles. The summed E-state index contributed by atoms with van der Waals surface area (Å²) in [5.74, 6) is -0.733. The van der Waals surface area contributed by atoms with E-state index in [9.17, 15) is 14.4 Å². The van der Waals surface area contributed by atoms with Gasteiger partial charge in [-0.3, -0.25) is 4.79 Å². The first-order valence-corrected chi connectivity index (χ1v) is 9.40. The lowest BCUT2D eigenvalue weighted by Gasteiger charge is -2.32. The van der Waals surface area contributed by atoms with E-state index in [1.54, 1.807) is 4.90 Å². The maximum atomic E-state index is 12.7. The van der Waals surface area contributed by atoms with E-state index >= 15 is 0 Å². The van der Waals surface area contributed by atoms with Crippen molar-refractivity contribution >= 4 is 23.6 Å². The minimum absolute atomic E-state index is 0.205. The summed E-state index contributed by atoms with van der Waals surface area (Å²) in [6.07, 6.45) is 1.95. The molecule has 1 aliphatic rings. The van der Waals surface area contributed by atoms with Gasteiger partial charge in [-0.05, 0) is 37.3 Å². The van der Waals surface area contributed by atoms with Gasteiger partial charge in [0, 0.05) is 18.8 Å². The smallest absolute Gasteiger partial charge is 0.328 e. The van der Waals surface area contributed by atoms with Crippen molar-refractivity contribution in [3.05, 3.63) is 30.3 Å². The molecule has 2 atom stereocenters. The van der Waals surface area contributed by atoms with Gasteiger partial charge in [0.25, 0.3) is 0 Å². The lowest BCUT2D eigenvalue weighted by molar-refractivity contribution is -0.146. The van der Waals surface area contributed by atoms with Gasteiger partial charge < -0.3 is 20.3 Å². The molecule has 7 nitrogen and oxygen atoms in total. The fraction of sp³-hybridized carbons (Fsp3) is 0.550. The maximum absolute atomic E-state index is 12.7. The summed E-state index contributed by atoms with van der Waals surface area (Å²) in [6, 6.07) is 8.35. The number of hydrogen-bond acceptors (Lipinski definition) is 4. The fourth-order valence-electron chi connectivity index (χ4n) is 3.22. The number of hydrogen-bond donors (Lipinski definition) is 2. The topological polar surface area (TPSA) is 87.7 Å². The van der Waals surface area contributed by atoms with E-state index in [4.69, 9.17) is 4.74 Å². The molecule has 1 aromatic rings. The Morgan fingerprint density at radius 3 is 2.56 bits per heavy atom. The molecule has 1 aliphatic heterocycles. The van der Waals surface area contributed by atoms with E-state index in [0.717, 1.165) is 12.1 Å². The summed E-state index contributed by atoms with van der Waals surface area (Å²) >= 11 is 0. The van der Waals surface area contributed by atoms with E-state index in [-0.39, 0.29) is 23.8 Å². The van der Waals surface area contributed by atoms with E-state index < -0.39 is 12.0 Å². The Labute approximate surface area is 160 Å². The fourth-order valence-corrected chi connectivity index (χ4v) is 3.22. The highest BCUT2D eigenvalue weighted by molar-refractivity contribution is 5.90. The number of likely N-dealkylation sites (tertiary alicyclic amines) is 1. The molecule has 148 valence electrons. The molecule has 1 heterocycles. The highest BCUT2D eigenvalue weighted by atomic mass is 16.5. The number of ether oxygens (including phenoxy) is 1. The van der Waals surface area contributed by atoms with Gasteiger partial charge in [0.1, 0.15) is 6.04 Å². The predicted octanol–water partition coefficient (Wildman–Crippen LogP) is 2.63. The normalized spacial score (nSPS) is 17.9. The van der Waals surface area contributed by atoms with Crippen LogP contribution in [-0.4, -0.2) is 49.0 Å². The Balaban J connectivity index is 1.94. The number of nitrogens with one attached hydrogen (secondary N) is 2. The summed E-state index contributed by atoms with van der Waals surface area (Å²) in [7, 11) is 1.32. The zero-order chi connectivity index (χ0) is 19.8. The van der Waals surface area contributed by atoms with Crippen LogP contribution < -0.4 is 10.6 Å². The van der Waals surface area contributed by atoms with E-state index in [2.05, 4.69) is 10.6 Å². The molecule has 0 spiro atoms. The van der Waals surface area contributed by atoms with Crippen LogP contribution in [0.3, 0.4) is 0 Å². The third kappa shape index (κ3) is 6.27. The average molecular weight is 375 g/mol. The summed E-state index contributed by atoms with van der Waals surface area (Å²) in [4.78, 5) is 38.7. The molecule has 2 rings (SSSR count). The number of rotatable bonds is 6. The second kappa shape index (κ2) is 9.94. The number of esters is 1. The molecule has 0 aliphatic carbocycles. The van der Waals surface area contributed by atoms with Gasteiger partial charge >= 0.3 is 12.0 Å². The Kier molecular flexibility index (Phi) is 7.64. The minimum Gasteiger partial charge on any atom is -0.467 e. The minimum atomic E-state index is -0.656. The highest BCUT2D eigenvalue weighted by Gasteiger charge is 2.31. The van der Waals surface area contributed by atoms with Gasteiger partial charge in [-0.25, -0.2) is 9.59 Å². The largest absolute Gasteiger partial charge is 0.467 e. The molecule has 0 bridgehead atoms. The first-order chi connectivity index (χ1) is 12.9. The SMILES string of the molecule is COC(=O)[C@@H](CC(C)C)NC(=O)[C@@H]1CCCN(C(=O)Nc2ccccc2)C1. The number of para-hydroxylation sites is 1. The van der Waals surface area contributed by atoms with E-state index in [0.29, 0.717) is 25.9 Å². The zero-order valence-corrected chi connectivity index (χ0v) is 16.2. The van der Waals surface area contributed by atoms with Crippen molar-refractivity contribution in [1.82, 2.24) is 10.2 Å². The monoisotopic (exact) mass is 375 g/mol. The Bertz CT molecular complexity index is 648. The molecule has 0 radical (unpaired) electrons. The Hall–Kier alpha value is -2.57. The lowest BCUT2D eigenvalue weighted by Crippen LogP contribution is -2.50. The van der Waals surface area contributed by atoms with Gasteiger partial charge in [-0.1, -0.05) is 32.0 Å². The van der Waals surface area contributed by atoms with Crippen LogP contribution in [-0.2, 0) is 14.3 Å². The van der Waals surface area contributed by atoms with Crippen LogP contribution in [0.25, 0.3) is 0 Å². The van der Waals surface area contributed by atoms with Gasteiger partial charge in [0.15, 0.2) is 0 Å². The van der Waals surface area contributed by atoms with Gasteiger partial charge in [0.05, 0.1) is 13.0 Å². The molecular formula is C20H29N3O4. The number of carbonyl (C=O) groups excluding carboxylic acids is 3. The molecular weight excluding hydrogens is 346 g/mol. The number of carbonyl (C=O) groups is 3. The van der Waals surface area contributed by atoms with Crippen LogP contribution in [0.1, 0.15) is 33.1 Å². The van der Waals surface area contributed by atoms with Crippen molar-refractivity contribution < 1.29 is 19.1 Å². The average Bonchev–Trinajstić information content (AvgIpc) is 2.67. The molecule has 0 unspecified atom stereocenters. The predicted molar refractivity (Wildman–Crippen MR) is 103 cm³/mol. The lowest BCUT2D eigenvalue weighted by atomic mass is 9.96. The molecule has 1 fully saturated rings. The third-order valence-corrected chi connectivity index (χ3v) is 4.61. The second-order valence-corrected chi connectivity index (χ2v) is 7.30. The molecule has 1 aromatic carbocycles. The zero-order valence-electron chi connectivity index (χ0n) is 16.2. The van der Waals surface area contributed by atoms with Crippen molar-refractivity contribution in [3.8, 4) is 0 Å². The van der Waals surface area contributed by atoms with Crippen LogP contribution in [0, 0.1) is 11.8 Å². The van der Waals surface area contributed by atoms with E-state index in [1.807, 2.05) is 44.2 Å². The number of nitrogens with zero attached hydrogens (tertiary/aromatic N) is 1. The van der Waals surface area contributed by atoms with Gasteiger partial charge in [-0.15, -0.1) is 0 Å². The molecule has 7 heteroatoms. The number of piperidine rings is 1. The van der Waals surface area contributed by atoms with Crippen LogP contribution in [0.4, 0.5) is 10.5 Å². The number of anilines is 1. The number of benzene rings is 1. The summed E-state index contributed by atoms with van der Waals surface area (Å²) in [5.41, 5.74) is 0.719. The number of methoxy groups -OCH3 is 1. The van der Waals surface area contributed by atoms with Crippen LogP contribution in [0.5, 0.6) is 0 Å². The molecule has 0 aromatic heterocycles. The van der Waals surface area contributed by atoms with Crippen LogP contribution in [0.15, 0.2) is 30.3 Å². The Morgan fingerprint density at radius 2 is 1.93 bits per heavy atom. The van der Waals surface area contributed by atoms with Crippen molar-refractivity contribution in [3.63, 3.8) is 0 Å². The van der Waals surface area contributed by atoms with Crippen LogP contribution >= 0.6 is 0 Å². The van der Waals surface area contributed by atoms with Crippen LogP contribution in [0.2, 0.25) is 0 Å². The Morgan fingerprint density at radius 1 is 1.22 bits per heavy atom. The molecule has 0 saturated carbocycles. The highest BCUT2D eigenvalue weighted by Crippen LogP contribution is 2.19. The van der Waals surface area contributed by atoms with Crippen molar-refractivity contribution in [2.75, 3.05) is 25.5 Å². The quantitative estimate of drug-likeness (QED) is 0.748. The first kappa shape index (κ1) is 20.7. The van der Waals surface area contributed by atoms with Crippen molar-refractivity contribution in [2.45, 2.75) is 39.2 Å². The van der Waals surface area contributed by atoms with Crippen molar-refractivity contribution in [1.29, 1.82) is 0 Å². The molecule has 3 amide bonds. The van der Waals surface area contributed by atoms with E-state index in [1.165, 1.54) is 7.11 Å². The van der Waals surface area contributed by atoms with Crippen molar-refractivity contribution in [2.24, 2.45) is 11.8 Å². The summed E-state index contributed by atoms with van der Waals surface area (Å²) in [6.45, 7) is 4.91. The molecule has 2 N–H and O–H groups in total. The summed E-state index contributed by atoms with van der Waals surface area (Å²) in [5, 5.41) is 5.65. The summed E-state index contributed by atoms with van der Waals surface area (Å²) < 4.78 is 4.80. The first-order valence-electron chi connectivity index (χ1n) is 9.40. The maximum Gasteiger partial charge on any atom is 0.328 e. The number of amides is 3. The van der Waals surface area contributed by atoms with Gasteiger partial charge in [-0.2, -0.15) is 0 Å². The van der Waals surface area contributed by atoms with Gasteiger partial charge in [0.2, 0.25) is 5.91 Å². The standard InChI is InChI=1S/C20H29N3O4/c1-14(2)12-17(19(25)27-3)22-18(24)15-8-7-11-23(13-15)20(26)21-16-9-5-4-6-10-16/h4-6,9-10,14-15,17H,7-8,11-13H2,1-3H3,(H,21,26)(H,22,24)/t15-,17-/m1/s1.